The van der Waals surface area contributed by atoms with Crippen molar-refractivity contribution in [1.82, 2.24) is 0 Å². The number of hydrogen-bond donors (Lipinski definition) is 2. The van der Waals surface area contributed by atoms with Crippen LogP contribution in [0.5, 0.6) is 0 Å². The van der Waals surface area contributed by atoms with Crippen LogP contribution in [0.1, 0.15) is 32.6 Å². The van der Waals surface area contributed by atoms with Crippen LogP contribution in [-0.2, 0) is 9.53 Å². The molecule has 4 heteroatoms. The normalized spacial score (nSPS) is 38.1. The van der Waals surface area contributed by atoms with E-state index in [1.807, 2.05) is 6.92 Å². The highest BCUT2D eigenvalue weighted by molar-refractivity contribution is 5.75. The molecule has 4 nitrogen and oxygen atoms in total. The van der Waals surface area contributed by atoms with E-state index < -0.39 is 17.5 Å². The second kappa shape index (κ2) is 4.34. The molecule has 0 spiro atoms. The van der Waals surface area contributed by atoms with E-state index in [0.717, 1.165) is 12.8 Å². The first kappa shape index (κ1) is 11.9. The summed E-state index contributed by atoms with van der Waals surface area (Å²) in [5.74, 6) is 0.473. The predicted octanol–water partition coefficient (Wildman–Crippen LogP) is 1.27. The molecule has 0 aromatic heterocycles. The fourth-order valence-electron chi connectivity index (χ4n) is 3.09. The van der Waals surface area contributed by atoms with Gasteiger partial charge in [0.1, 0.15) is 0 Å². The minimum Gasteiger partial charge on any atom is -0.481 e. The second-order valence-electron chi connectivity index (χ2n) is 5.27. The van der Waals surface area contributed by atoms with E-state index in [-0.39, 0.29) is 6.61 Å². The third kappa shape index (κ3) is 2.23. The quantitative estimate of drug-likeness (QED) is 0.718. The maximum Gasteiger partial charge on any atom is 0.309 e. The van der Waals surface area contributed by atoms with Crippen molar-refractivity contribution in [3.05, 3.63) is 0 Å². The molecule has 0 heterocycles. The Morgan fingerprint density at radius 2 is 2.12 bits per heavy atom. The molecule has 3 atom stereocenters. The van der Waals surface area contributed by atoms with Crippen molar-refractivity contribution < 1.29 is 19.7 Å². The van der Waals surface area contributed by atoms with Crippen molar-refractivity contribution in [2.45, 2.75) is 38.7 Å². The Morgan fingerprint density at radius 1 is 1.50 bits per heavy atom. The molecule has 0 radical (unpaired) electrons. The Hall–Kier alpha value is -0.610. The lowest BCUT2D eigenvalue weighted by molar-refractivity contribution is -0.152. The van der Waals surface area contributed by atoms with Crippen LogP contribution in [-0.4, -0.2) is 35.5 Å². The fraction of sp³-hybridized carbons (Fsp3) is 0.917. The summed E-state index contributed by atoms with van der Waals surface area (Å²) in [6.45, 7) is 2.67. The largest absolute Gasteiger partial charge is 0.481 e. The monoisotopic (exact) mass is 228 g/mol. The summed E-state index contributed by atoms with van der Waals surface area (Å²) in [6, 6.07) is 0. The summed E-state index contributed by atoms with van der Waals surface area (Å²) in [5, 5.41) is 19.1. The molecule has 0 amide bonds. The number of aliphatic hydroxyl groups is 1. The van der Waals surface area contributed by atoms with Gasteiger partial charge in [-0.05, 0) is 44.4 Å². The highest BCUT2D eigenvalue weighted by atomic mass is 16.5. The van der Waals surface area contributed by atoms with Crippen LogP contribution in [0.2, 0.25) is 0 Å². The number of fused-ring (bicyclic) bond motifs is 1. The van der Waals surface area contributed by atoms with E-state index in [4.69, 9.17) is 4.74 Å². The molecule has 0 saturated heterocycles. The van der Waals surface area contributed by atoms with Gasteiger partial charge in [0.25, 0.3) is 0 Å². The Bertz CT molecular complexity index is 266. The molecule has 2 rings (SSSR count). The molecule has 0 aliphatic heterocycles. The van der Waals surface area contributed by atoms with Crippen molar-refractivity contribution in [3.8, 4) is 0 Å². The molecule has 2 N–H and O–H groups in total. The maximum atomic E-state index is 11.3. The molecule has 92 valence electrons. The Kier molecular flexibility index (Phi) is 3.22. The van der Waals surface area contributed by atoms with E-state index in [1.165, 1.54) is 6.42 Å². The molecule has 2 saturated carbocycles. The van der Waals surface area contributed by atoms with Gasteiger partial charge in [0.2, 0.25) is 0 Å². The lowest BCUT2D eigenvalue weighted by Crippen LogP contribution is -2.35. The Morgan fingerprint density at radius 3 is 2.62 bits per heavy atom. The average Bonchev–Trinajstić information content (AvgIpc) is 2.84. The molecule has 16 heavy (non-hydrogen) atoms. The van der Waals surface area contributed by atoms with Gasteiger partial charge in [-0.1, -0.05) is 0 Å². The smallest absolute Gasteiger partial charge is 0.309 e. The van der Waals surface area contributed by atoms with Crippen molar-refractivity contribution in [1.29, 1.82) is 0 Å². The molecular formula is C12H20O4. The lowest BCUT2D eigenvalue weighted by Gasteiger charge is -2.28. The minimum atomic E-state index is -0.741. The Balaban J connectivity index is 1.90. The first-order valence-corrected chi connectivity index (χ1v) is 6.06. The highest BCUT2D eigenvalue weighted by Crippen LogP contribution is 2.61. The zero-order chi connectivity index (χ0) is 11.8. The summed E-state index contributed by atoms with van der Waals surface area (Å²) in [7, 11) is 0. The number of aliphatic carboxylic acids is 1. The van der Waals surface area contributed by atoms with Gasteiger partial charge in [0, 0.05) is 6.61 Å². The molecule has 2 fully saturated rings. The van der Waals surface area contributed by atoms with Crippen molar-refractivity contribution >= 4 is 5.97 Å². The molecule has 0 aromatic rings. The van der Waals surface area contributed by atoms with Gasteiger partial charge < -0.3 is 14.9 Å². The van der Waals surface area contributed by atoms with Gasteiger partial charge in [-0.15, -0.1) is 0 Å². The zero-order valence-corrected chi connectivity index (χ0v) is 9.69. The van der Waals surface area contributed by atoms with E-state index in [2.05, 4.69) is 0 Å². The summed E-state index contributed by atoms with van der Waals surface area (Å²) in [4.78, 5) is 11.3. The van der Waals surface area contributed by atoms with Gasteiger partial charge in [0.15, 0.2) is 0 Å². The molecular weight excluding hydrogens is 208 g/mol. The SMILES string of the molecule is CCOCC(O)CC1(C(=O)O)CC2CC2C1. The topological polar surface area (TPSA) is 66.8 Å². The number of carbonyl (C=O) groups is 1. The van der Waals surface area contributed by atoms with Gasteiger partial charge in [-0.25, -0.2) is 0 Å². The highest BCUT2D eigenvalue weighted by Gasteiger charge is 2.57. The summed E-state index contributed by atoms with van der Waals surface area (Å²) < 4.78 is 5.13. The van der Waals surface area contributed by atoms with Crippen molar-refractivity contribution in [3.63, 3.8) is 0 Å². The molecule has 0 aromatic carbocycles. The number of carboxylic acid groups (broad SMARTS) is 1. The molecule has 2 aliphatic rings. The van der Waals surface area contributed by atoms with Gasteiger partial charge in [-0.3, -0.25) is 4.79 Å². The van der Waals surface area contributed by atoms with Crippen LogP contribution < -0.4 is 0 Å². The second-order valence-corrected chi connectivity index (χ2v) is 5.27. The first-order valence-electron chi connectivity index (χ1n) is 6.06. The number of rotatable bonds is 6. The van der Waals surface area contributed by atoms with E-state index in [0.29, 0.717) is 24.9 Å². The fourth-order valence-corrected chi connectivity index (χ4v) is 3.09. The number of aliphatic hydroxyl groups excluding tert-OH is 1. The predicted molar refractivity (Wildman–Crippen MR) is 58.0 cm³/mol. The standard InChI is InChI=1S/C12H20O4/c1-2-16-7-10(13)6-12(11(14)15)4-8-3-9(8)5-12/h8-10,13H,2-7H2,1H3,(H,14,15). The van der Waals surface area contributed by atoms with E-state index in [9.17, 15) is 15.0 Å². The van der Waals surface area contributed by atoms with E-state index in [1.54, 1.807) is 0 Å². The Labute approximate surface area is 95.6 Å². The minimum absolute atomic E-state index is 0.251. The summed E-state index contributed by atoms with van der Waals surface area (Å²) in [5.41, 5.74) is -0.676. The zero-order valence-electron chi connectivity index (χ0n) is 9.69. The molecule has 2 aliphatic carbocycles. The summed E-state index contributed by atoms with van der Waals surface area (Å²) in [6.07, 6.45) is 2.38. The van der Waals surface area contributed by atoms with Crippen molar-refractivity contribution in [2.75, 3.05) is 13.2 Å². The van der Waals surface area contributed by atoms with Crippen LogP contribution in [0, 0.1) is 17.3 Å². The number of ether oxygens (including phenoxy) is 1. The first-order chi connectivity index (χ1) is 7.57. The average molecular weight is 228 g/mol. The third-order valence-electron chi connectivity index (χ3n) is 3.97. The van der Waals surface area contributed by atoms with E-state index >= 15 is 0 Å². The van der Waals surface area contributed by atoms with Crippen LogP contribution in [0.25, 0.3) is 0 Å². The molecule has 3 unspecified atom stereocenters. The third-order valence-corrected chi connectivity index (χ3v) is 3.97. The maximum absolute atomic E-state index is 11.3. The van der Waals surface area contributed by atoms with Crippen molar-refractivity contribution in [2.24, 2.45) is 17.3 Å². The van der Waals surface area contributed by atoms with Crippen LogP contribution in [0.3, 0.4) is 0 Å². The van der Waals surface area contributed by atoms with Gasteiger partial charge in [0.05, 0.1) is 18.1 Å². The summed E-state index contributed by atoms with van der Waals surface area (Å²) >= 11 is 0. The van der Waals surface area contributed by atoms with Gasteiger partial charge >= 0.3 is 5.97 Å². The van der Waals surface area contributed by atoms with Crippen LogP contribution in [0.4, 0.5) is 0 Å². The van der Waals surface area contributed by atoms with Gasteiger partial charge in [-0.2, -0.15) is 0 Å². The van der Waals surface area contributed by atoms with Crippen LogP contribution >= 0.6 is 0 Å². The molecule has 0 bridgehead atoms. The number of carboxylic acids is 1. The lowest BCUT2D eigenvalue weighted by atomic mass is 9.78. The number of hydrogen-bond acceptors (Lipinski definition) is 3. The van der Waals surface area contributed by atoms with Crippen LogP contribution in [0.15, 0.2) is 0 Å².